The molecule has 2 rings (SSSR count). The number of nitrogens with one attached hydrogen (secondary N) is 1. The number of halogens is 1. The summed E-state index contributed by atoms with van der Waals surface area (Å²) >= 11 is 0. The summed E-state index contributed by atoms with van der Waals surface area (Å²) in [4.78, 5) is 12.1. The topological polar surface area (TPSA) is 66.5 Å². The van der Waals surface area contributed by atoms with Crippen molar-refractivity contribution in [3.05, 3.63) is 66.0 Å². The summed E-state index contributed by atoms with van der Waals surface area (Å²) in [5.74, 6) is -0.867. The molecular formula is C18H21FN2O3S. The molecule has 5 nitrogen and oxygen atoms in total. The van der Waals surface area contributed by atoms with Gasteiger partial charge in [0.05, 0.1) is 12.8 Å². The van der Waals surface area contributed by atoms with E-state index in [1.807, 2.05) is 30.3 Å². The van der Waals surface area contributed by atoms with Gasteiger partial charge in [0.15, 0.2) is 0 Å². The number of rotatable bonds is 8. The summed E-state index contributed by atoms with van der Waals surface area (Å²) in [5.41, 5.74) is 1.54. The van der Waals surface area contributed by atoms with E-state index >= 15 is 0 Å². The van der Waals surface area contributed by atoms with E-state index in [0.717, 1.165) is 22.5 Å². The lowest BCUT2D eigenvalue weighted by Gasteiger charge is -2.19. The minimum Gasteiger partial charge on any atom is -0.325 e. The number of hydrogen-bond acceptors (Lipinski definition) is 3. The van der Waals surface area contributed by atoms with Gasteiger partial charge in [-0.2, -0.15) is 4.31 Å². The van der Waals surface area contributed by atoms with Gasteiger partial charge < -0.3 is 5.32 Å². The van der Waals surface area contributed by atoms with E-state index in [1.54, 1.807) is 0 Å². The third-order valence-electron chi connectivity index (χ3n) is 3.63. The van der Waals surface area contributed by atoms with Crippen LogP contribution in [-0.4, -0.2) is 38.0 Å². The maximum atomic E-state index is 12.9. The first kappa shape index (κ1) is 19.1. The predicted molar refractivity (Wildman–Crippen MR) is 96.2 cm³/mol. The molecule has 0 unspecified atom stereocenters. The Kier molecular flexibility index (Phi) is 6.66. The Morgan fingerprint density at radius 1 is 1.08 bits per heavy atom. The highest BCUT2D eigenvalue weighted by molar-refractivity contribution is 7.88. The molecule has 0 saturated carbocycles. The lowest BCUT2D eigenvalue weighted by molar-refractivity contribution is -0.116. The minimum absolute atomic E-state index is 0.255. The molecule has 0 aliphatic rings. The number of carbonyl (C=O) groups is 1. The normalized spacial score (nSPS) is 11.5. The molecule has 1 amide bonds. The van der Waals surface area contributed by atoms with Crippen molar-refractivity contribution < 1.29 is 17.6 Å². The predicted octanol–water partition coefficient (Wildman–Crippen LogP) is 2.66. The van der Waals surface area contributed by atoms with Gasteiger partial charge >= 0.3 is 0 Å². The molecule has 0 aliphatic carbocycles. The molecule has 1 N–H and O–H groups in total. The molecule has 25 heavy (non-hydrogen) atoms. The first-order chi connectivity index (χ1) is 11.8. The molecule has 0 saturated heterocycles. The zero-order chi connectivity index (χ0) is 18.3. The highest BCUT2D eigenvalue weighted by atomic mass is 32.2. The van der Waals surface area contributed by atoms with E-state index in [0.29, 0.717) is 12.1 Å². The van der Waals surface area contributed by atoms with E-state index < -0.39 is 21.7 Å². The molecule has 0 radical (unpaired) electrons. The Labute approximate surface area is 147 Å². The van der Waals surface area contributed by atoms with Crippen LogP contribution in [0, 0.1) is 5.82 Å². The SMILES string of the molecule is CS(=O)(=O)N(CCCc1ccccc1)CC(=O)Nc1ccc(F)cc1. The molecule has 0 aromatic heterocycles. The monoisotopic (exact) mass is 364 g/mol. The number of hydrogen-bond donors (Lipinski definition) is 1. The van der Waals surface area contributed by atoms with Gasteiger partial charge in [-0.05, 0) is 42.7 Å². The van der Waals surface area contributed by atoms with Crippen molar-refractivity contribution in [1.29, 1.82) is 0 Å². The summed E-state index contributed by atoms with van der Waals surface area (Å²) < 4.78 is 37.8. The standard InChI is InChI=1S/C18H21FN2O3S/c1-25(23,24)21(13-5-8-15-6-3-2-4-7-15)14-18(22)20-17-11-9-16(19)10-12-17/h2-4,6-7,9-12H,5,8,13-14H2,1H3,(H,20,22). The summed E-state index contributed by atoms with van der Waals surface area (Å²) in [6.45, 7) is -0.0183. The second kappa shape index (κ2) is 8.73. The molecule has 0 aliphatic heterocycles. The van der Waals surface area contributed by atoms with Gasteiger partial charge in [0.25, 0.3) is 0 Å². The van der Waals surface area contributed by atoms with Gasteiger partial charge in [0.1, 0.15) is 5.82 Å². The van der Waals surface area contributed by atoms with Crippen LogP contribution >= 0.6 is 0 Å². The van der Waals surface area contributed by atoms with Crippen molar-refractivity contribution in [3.63, 3.8) is 0 Å². The Morgan fingerprint density at radius 2 is 1.72 bits per heavy atom. The molecular weight excluding hydrogens is 343 g/mol. The second-order valence-electron chi connectivity index (χ2n) is 5.74. The van der Waals surface area contributed by atoms with Crippen molar-refractivity contribution in [2.75, 3.05) is 24.7 Å². The van der Waals surface area contributed by atoms with Gasteiger partial charge in [-0.15, -0.1) is 0 Å². The largest absolute Gasteiger partial charge is 0.325 e. The van der Waals surface area contributed by atoms with E-state index in [-0.39, 0.29) is 13.1 Å². The molecule has 0 heterocycles. The first-order valence-electron chi connectivity index (χ1n) is 7.89. The van der Waals surface area contributed by atoms with E-state index in [2.05, 4.69) is 5.32 Å². The van der Waals surface area contributed by atoms with Crippen molar-refractivity contribution in [3.8, 4) is 0 Å². The molecule has 0 fully saturated rings. The smallest absolute Gasteiger partial charge is 0.239 e. The first-order valence-corrected chi connectivity index (χ1v) is 9.74. The lowest BCUT2D eigenvalue weighted by atomic mass is 10.1. The lowest BCUT2D eigenvalue weighted by Crippen LogP contribution is -2.38. The van der Waals surface area contributed by atoms with E-state index in [4.69, 9.17) is 0 Å². The van der Waals surface area contributed by atoms with Crippen molar-refractivity contribution in [2.24, 2.45) is 0 Å². The number of amides is 1. The Hall–Kier alpha value is -2.25. The summed E-state index contributed by atoms with van der Waals surface area (Å²) in [6.07, 6.45) is 2.42. The van der Waals surface area contributed by atoms with Crippen LogP contribution in [-0.2, 0) is 21.2 Å². The fourth-order valence-corrected chi connectivity index (χ4v) is 3.17. The molecule has 0 bridgehead atoms. The number of anilines is 1. The van der Waals surface area contributed by atoms with Crippen molar-refractivity contribution in [2.45, 2.75) is 12.8 Å². The van der Waals surface area contributed by atoms with Crippen LogP contribution in [0.5, 0.6) is 0 Å². The third kappa shape index (κ3) is 6.64. The summed E-state index contributed by atoms with van der Waals surface area (Å²) in [6, 6.07) is 15.0. The molecule has 7 heteroatoms. The fourth-order valence-electron chi connectivity index (χ4n) is 2.36. The maximum absolute atomic E-state index is 12.9. The van der Waals surface area contributed by atoms with Crippen LogP contribution in [0.3, 0.4) is 0 Å². The minimum atomic E-state index is -3.50. The quantitative estimate of drug-likeness (QED) is 0.783. The van der Waals surface area contributed by atoms with Crippen LogP contribution < -0.4 is 5.32 Å². The summed E-state index contributed by atoms with van der Waals surface area (Å²) in [7, 11) is -3.50. The number of benzene rings is 2. The van der Waals surface area contributed by atoms with Gasteiger partial charge in [-0.1, -0.05) is 30.3 Å². The van der Waals surface area contributed by atoms with E-state index in [1.165, 1.54) is 24.3 Å². The highest BCUT2D eigenvalue weighted by Gasteiger charge is 2.19. The zero-order valence-corrected chi connectivity index (χ0v) is 14.8. The number of carbonyl (C=O) groups excluding carboxylic acids is 1. The number of sulfonamides is 1. The Balaban J connectivity index is 1.91. The van der Waals surface area contributed by atoms with Gasteiger partial charge in [0, 0.05) is 12.2 Å². The highest BCUT2D eigenvalue weighted by Crippen LogP contribution is 2.10. The molecule has 134 valence electrons. The van der Waals surface area contributed by atoms with Crippen molar-refractivity contribution >= 4 is 21.6 Å². The van der Waals surface area contributed by atoms with Crippen LogP contribution in [0.25, 0.3) is 0 Å². The van der Waals surface area contributed by atoms with Crippen molar-refractivity contribution in [1.82, 2.24) is 4.31 Å². The van der Waals surface area contributed by atoms with Crippen LogP contribution in [0.15, 0.2) is 54.6 Å². The average Bonchev–Trinajstić information content (AvgIpc) is 2.56. The van der Waals surface area contributed by atoms with Gasteiger partial charge in [-0.25, -0.2) is 12.8 Å². The molecule has 0 atom stereocenters. The second-order valence-corrected chi connectivity index (χ2v) is 7.72. The Morgan fingerprint density at radius 3 is 2.32 bits per heavy atom. The Bertz CT molecular complexity index is 793. The molecule has 2 aromatic carbocycles. The fraction of sp³-hybridized carbons (Fsp3) is 0.278. The summed E-state index contributed by atoms with van der Waals surface area (Å²) in [5, 5.41) is 2.57. The van der Waals surface area contributed by atoms with E-state index in [9.17, 15) is 17.6 Å². The zero-order valence-electron chi connectivity index (χ0n) is 14.0. The number of nitrogens with zero attached hydrogens (tertiary/aromatic N) is 1. The van der Waals surface area contributed by atoms with Gasteiger partial charge in [-0.3, -0.25) is 4.79 Å². The molecule has 2 aromatic rings. The maximum Gasteiger partial charge on any atom is 0.239 e. The molecule has 0 spiro atoms. The van der Waals surface area contributed by atoms with Crippen LogP contribution in [0.2, 0.25) is 0 Å². The van der Waals surface area contributed by atoms with Gasteiger partial charge in [0.2, 0.25) is 15.9 Å². The van der Waals surface area contributed by atoms with Crippen LogP contribution in [0.4, 0.5) is 10.1 Å². The average molecular weight is 364 g/mol. The third-order valence-corrected chi connectivity index (χ3v) is 4.88. The van der Waals surface area contributed by atoms with Crippen LogP contribution in [0.1, 0.15) is 12.0 Å². The number of aryl methyl sites for hydroxylation is 1.